The maximum absolute atomic E-state index is 14.6. The van der Waals surface area contributed by atoms with Crippen LogP contribution in [0.3, 0.4) is 0 Å². The molecule has 2 saturated heterocycles. The molecular formula is C34H38F3N5O2S. The summed E-state index contributed by atoms with van der Waals surface area (Å²) in [5.41, 5.74) is 1.59. The third kappa shape index (κ3) is 5.41. The molecule has 0 aromatic heterocycles. The van der Waals surface area contributed by atoms with Gasteiger partial charge in [-0.05, 0) is 92.1 Å². The van der Waals surface area contributed by atoms with Gasteiger partial charge in [-0.3, -0.25) is 19.9 Å². The van der Waals surface area contributed by atoms with Crippen LogP contribution in [-0.2, 0) is 22.9 Å². The van der Waals surface area contributed by atoms with E-state index in [1.165, 1.54) is 17.0 Å². The Kier molecular flexibility index (Phi) is 8.00. The molecule has 4 aliphatic rings. The number of alkyl halides is 3. The van der Waals surface area contributed by atoms with Crippen molar-refractivity contribution in [3.05, 3.63) is 76.9 Å². The number of carbonyl (C=O) groups excluding carboxylic acids is 2. The fourth-order valence-electron chi connectivity index (χ4n) is 8.06. The van der Waals surface area contributed by atoms with Gasteiger partial charge in [-0.15, -0.1) is 0 Å². The Bertz CT molecular complexity index is 1590. The SMILES string of the molecule is C=CC(=O)N1CC[C@]2(CCN(C(C)c3cc4c(c(C(F)(F)F)c3)CN(c3cccc(C5(C(=N)SC=N)CC(C)C5)c3)C4=O)C2)C1. The second-order valence-corrected chi connectivity index (χ2v) is 14.2. The predicted molar refractivity (Wildman–Crippen MR) is 171 cm³/mol. The van der Waals surface area contributed by atoms with E-state index in [-0.39, 0.29) is 35.0 Å². The smallest absolute Gasteiger partial charge is 0.339 e. The third-order valence-corrected chi connectivity index (χ3v) is 11.3. The van der Waals surface area contributed by atoms with Crippen LogP contribution in [0.25, 0.3) is 0 Å². The average molecular weight is 638 g/mol. The lowest BCUT2D eigenvalue weighted by Gasteiger charge is -2.47. The molecular weight excluding hydrogens is 599 g/mol. The van der Waals surface area contributed by atoms with Crippen molar-refractivity contribution in [3.63, 3.8) is 0 Å². The summed E-state index contributed by atoms with van der Waals surface area (Å²) in [6.07, 6.45) is -0.127. The lowest BCUT2D eigenvalue weighted by molar-refractivity contribution is -0.138. The minimum Gasteiger partial charge on any atom is -0.339 e. The van der Waals surface area contributed by atoms with Crippen molar-refractivity contribution >= 4 is 39.9 Å². The van der Waals surface area contributed by atoms with Crippen molar-refractivity contribution in [1.29, 1.82) is 10.8 Å². The Morgan fingerprint density at radius 1 is 1.16 bits per heavy atom. The Hall–Kier alpha value is -3.44. The molecule has 11 heteroatoms. The Morgan fingerprint density at radius 2 is 1.89 bits per heavy atom. The van der Waals surface area contributed by atoms with Gasteiger partial charge in [0, 0.05) is 47.8 Å². The van der Waals surface area contributed by atoms with Gasteiger partial charge in [0.2, 0.25) is 5.91 Å². The van der Waals surface area contributed by atoms with E-state index in [2.05, 4.69) is 18.4 Å². The van der Waals surface area contributed by atoms with Gasteiger partial charge in [0.25, 0.3) is 5.91 Å². The molecule has 2 N–H and O–H groups in total. The zero-order valence-electron chi connectivity index (χ0n) is 25.5. The predicted octanol–water partition coefficient (Wildman–Crippen LogP) is 7.02. The van der Waals surface area contributed by atoms with E-state index >= 15 is 0 Å². The molecule has 2 atom stereocenters. The summed E-state index contributed by atoms with van der Waals surface area (Å²) >= 11 is 1.06. The van der Waals surface area contributed by atoms with Crippen LogP contribution in [0.5, 0.6) is 0 Å². The first-order valence-corrected chi connectivity index (χ1v) is 16.3. The standard InChI is InChI=1S/C34H38F3N5O2S/c1-4-29(43)41-11-9-32(19-41)8-10-40(18-32)22(3)23-12-26-27(28(13-23)34(35,36)37)17-42(30(26)44)25-7-5-6-24(14-25)33(15-21(2)16-33)31(39)45-20-38/h4-7,12-14,20-22,38-39H,1,8-11,15-19H2,2-3H3/t21?,22?,32-,33?/m0/s1. The number of carbonyl (C=O) groups is 2. The number of nitrogens with zero attached hydrogens (tertiary/aromatic N) is 3. The highest BCUT2D eigenvalue weighted by Crippen LogP contribution is 2.51. The Morgan fingerprint density at radius 3 is 2.56 bits per heavy atom. The molecule has 1 saturated carbocycles. The van der Waals surface area contributed by atoms with Crippen LogP contribution in [0.15, 0.2) is 49.1 Å². The van der Waals surface area contributed by atoms with Gasteiger partial charge in [0.05, 0.1) is 22.7 Å². The first-order chi connectivity index (χ1) is 21.3. The fraction of sp³-hybridized carbons (Fsp3) is 0.471. The summed E-state index contributed by atoms with van der Waals surface area (Å²) in [5, 5.41) is 16.5. The number of hydrogen-bond donors (Lipinski definition) is 2. The molecule has 6 rings (SSSR count). The molecule has 7 nitrogen and oxygen atoms in total. The van der Waals surface area contributed by atoms with E-state index in [1.54, 1.807) is 23.1 Å². The van der Waals surface area contributed by atoms with Crippen LogP contribution in [0, 0.1) is 22.2 Å². The maximum Gasteiger partial charge on any atom is 0.416 e. The number of anilines is 1. The quantitative estimate of drug-likeness (QED) is 0.194. The summed E-state index contributed by atoms with van der Waals surface area (Å²) in [6.45, 7) is 10.0. The monoisotopic (exact) mass is 637 g/mol. The van der Waals surface area contributed by atoms with E-state index < -0.39 is 23.1 Å². The van der Waals surface area contributed by atoms with Gasteiger partial charge in [0.15, 0.2) is 0 Å². The van der Waals surface area contributed by atoms with Gasteiger partial charge >= 0.3 is 6.18 Å². The summed E-state index contributed by atoms with van der Waals surface area (Å²) in [5.74, 6) is -0.157. The fourth-order valence-corrected chi connectivity index (χ4v) is 8.68. The van der Waals surface area contributed by atoms with Gasteiger partial charge in [-0.1, -0.05) is 37.4 Å². The molecule has 45 heavy (non-hydrogen) atoms. The topological polar surface area (TPSA) is 91.6 Å². The summed E-state index contributed by atoms with van der Waals surface area (Å²) in [7, 11) is 0. The summed E-state index contributed by atoms with van der Waals surface area (Å²) in [6, 6.07) is 9.77. The minimum absolute atomic E-state index is 0.0137. The van der Waals surface area contributed by atoms with Crippen molar-refractivity contribution in [1.82, 2.24) is 9.80 Å². The second-order valence-electron chi connectivity index (χ2n) is 13.3. The zero-order valence-corrected chi connectivity index (χ0v) is 26.4. The van der Waals surface area contributed by atoms with Crippen LogP contribution in [0.4, 0.5) is 18.9 Å². The van der Waals surface area contributed by atoms with Gasteiger partial charge in [0.1, 0.15) is 0 Å². The van der Waals surface area contributed by atoms with E-state index in [1.807, 2.05) is 19.1 Å². The second kappa shape index (κ2) is 11.4. The van der Waals surface area contributed by atoms with Crippen LogP contribution < -0.4 is 4.90 Å². The summed E-state index contributed by atoms with van der Waals surface area (Å²) < 4.78 is 43.7. The maximum atomic E-state index is 14.6. The van der Waals surface area contributed by atoms with Crippen molar-refractivity contribution < 1.29 is 22.8 Å². The molecule has 0 radical (unpaired) electrons. The van der Waals surface area contributed by atoms with E-state index in [0.717, 1.165) is 48.6 Å². The van der Waals surface area contributed by atoms with E-state index in [0.29, 0.717) is 48.4 Å². The minimum atomic E-state index is -4.63. The molecule has 1 spiro atoms. The normalized spacial score (nSPS) is 27.0. The van der Waals surface area contributed by atoms with Gasteiger partial charge in [-0.2, -0.15) is 13.2 Å². The molecule has 0 bridgehead atoms. The van der Waals surface area contributed by atoms with E-state index in [9.17, 15) is 22.8 Å². The Balaban J connectivity index is 1.28. The van der Waals surface area contributed by atoms with Gasteiger partial charge in [-0.25, -0.2) is 0 Å². The van der Waals surface area contributed by atoms with Crippen LogP contribution in [-0.4, -0.2) is 58.4 Å². The van der Waals surface area contributed by atoms with Crippen molar-refractivity contribution in [2.45, 2.75) is 63.7 Å². The van der Waals surface area contributed by atoms with Gasteiger partial charge < -0.3 is 15.2 Å². The highest BCUT2D eigenvalue weighted by Gasteiger charge is 2.49. The number of benzene rings is 2. The van der Waals surface area contributed by atoms with E-state index in [4.69, 9.17) is 10.8 Å². The molecule has 2 amide bonds. The third-order valence-electron chi connectivity index (χ3n) is 10.5. The lowest BCUT2D eigenvalue weighted by Crippen LogP contribution is -2.45. The number of fused-ring (bicyclic) bond motifs is 1. The van der Waals surface area contributed by atoms with Crippen LogP contribution in [0.1, 0.15) is 78.2 Å². The number of amides is 2. The molecule has 3 fully saturated rings. The van der Waals surface area contributed by atoms with Crippen molar-refractivity contribution in [3.8, 4) is 0 Å². The number of nitrogens with one attached hydrogen (secondary N) is 2. The highest BCUT2D eigenvalue weighted by atomic mass is 32.2. The largest absolute Gasteiger partial charge is 0.416 e. The molecule has 1 aliphatic carbocycles. The molecule has 238 valence electrons. The molecule has 3 heterocycles. The molecule has 1 unspecified atom stereocenters. The van der Waals surface area contributed by atoms with Crippen LogP contribution in [0.2, 0.25) is 0 Å². The first-order valence-electron chi connectivity index (χ1n) is 15.4. The first kappa shape index (κ1) is 31.5. The van der Waals surface area contributed by atoms with Crippen molar-refractivity contribution in [2.24, 2.45) is 11.3 Å². The molecule has 2 aromatic rings. The number of rotatable bonds is 7. The number of likely N-dealkylation sites (tertiary alicyclic amines) is 2. The number of halogens is 3. The van der Waals surface area contributed by atoms with Crippen LogP contribution >= 0.6 is 11.8 Å². The molecule has 3 aliphatic heterocycles. The average Bonchev–Trinajstić information content (AvgIpc) is 3.71. The van der Waals surface area contributed by atoms with Crippen molar-refractivity contribution in [2.75, 3.05) is 31.1 Å². The molecule has 2 aromatic carbocycles. The highest BCUT2D eigenvalue weighted by molar-refractivity contribution is 8.25. The zero-order chi connectivity index (χ0) is 32.3. The summed E-state index contributed by atoms with van der Waals surface area (Å²) in [4.78, 5) is 31.4. The lowest BCUT2D eigenvalue weighted by atomic mass is 9.59. The Labute approximate surface area is 265 Å². The number of hydrogen-bond acceptors (Lipinski definition) is 6. The number of thioether (sulfide) groups is 1.